The lowest BCUT2D eigenvalue weighted by atomic mass is 10.1. The van der Waals surface area contributed by atoms with E-state index in [0.717, 1.165) is 12.8 Å². The third-order valence-corrected chi connectivity index (χ3v) is 2.26. The molecule has 5 heteroatoms. The minimum Gasteiger partial charge on any atom is -0.480 e. The van der Waals surface area contributed by atoms with E-state index in [-0.39, 0.29) is 0 Å². The molecule has 0 bridgehead atoms. The lowest BCUT2D eigenvalue weighted by Crippen LogP contribution is -2.45. The molecule has 0 spiro atoms. The minimum atomic E-state index is -1.00. The number of urea groups is 1. The maximum atomic E-state index is 11.3. The Morgan fingerprint density at radius 3 is 2.38 bits per heavy atom. The largest absolute Gasteiger partial charge is 0.480 e. The van der Waals surface area contributed by atoms with Gasteiger partial charge in [0.25, 0.3) is 0 Å². The predicted octanol–water partition coefficient (Wildman–Crippen LogP) is 1.58. The van der Waals surface area contributed by atoms with Crippen LogP contribution in [0.15, 0.2) is 0 Å². The van der Waals surface area contributed by atoms with E-state index in [1.165, 1.54) is 0 Å². The summed E-state index contributed by atoms with van der Waals surface area (Å²) in [6, 6.07) is -1.21. The number of carboxylic acid groups (broad SMARTS) is 1. The van der Waals surface area contributed by atoms with Crippen molar-refractivity contribution in [3.05, 3.63) is 0 Å². The summed E-state index contributed by atoms with van der Waals surface area (Å²) in [6.07, 6.45) is 2.35. The molecule has 0 aliphatic heterocycles. The SMILES string of the molecule is CC[C@@H](NC(=O)NCCCC(C)C)C(=O)O. The van der Waals surface area contributed by atoms with E-state index in [2.05, 4.69) is 24.5 Å². The summed E-state index contributed by atoms with van der Waals surface area (Å²) in [5.41, 5.74) is 0. The third kappa shape index (κ3) is 7.09. The van der Waals surface area contributed by atoms with E-state index in [1.807, 2.05) is 0 Å². The Balaban J connectivity index is 3.69. The summed E-state index contributed by atoms with van der Waals surface area (Å²) >= 11 is 0. The van der Waals surface area contributed by atoms with Crippen LogP contribution in [0.25, 0.3) is 0 Å². The highest BCUT2D eigenvalue weighted by Crippen LogP contribution is 2.01. The lowest BCUT2D eigenvalue weighted by Gasteiger charge is -2.13. The van der Waals surface area contributed by atoms with Crippen LogP contribution in [0.2, 0.25) is 0 Å². The van der Waals surface area contributed by atoms with Gasteiger partial charge < -0.3 is 15.7 Å². The predicted molar refractivity (Wildman–Crippen MR) is 62.3 cm³/mol. The van der Waals surface area contributed by atoms with Gasteiger partial charge in [-0.05, 0) is 25.2 Å². The fourth-order valence-corrected chi connectivity index (χ4v) is 1.26. The molecule has 0 saturated heterocycles. The molecule has 0 heterocycles. The van der Waals surface area contributed by atoms with Gasteiger partial charge in [0.05, 0.1) is 0 Å². The summed E-state index contributed by atoms with van der Waals surface area (Å²) < 4.78 is 0. The fraction of sp³-hybridized carbons (Fsp3) is 0.818. The highest BCUT2D eigenvalue weighted by Gasteiger charge is 2.16. The number of nitrogens with one attached hydrogen (secondary N) is 2. The second-order valence-corrected chi connectivity index (χ2v) is 4.24. The molecule has 16 heavy (non-hydrogen) atoms. The average molecular weight is 230 g/mol. The summed E-state index contributed by atoms with van der Waals surface area (Å²) in [5, 5.41) is 13.8. The minimum absolute atomic E-state index is 0.384. The van der Waals surface area contributed by atoms with Gasteiger partial charge in [-0.3, -0.25) is 0 Å². The number of aliphatic carboxylic acids is 1. The number of carbonyl (C=O) groups excluding carboxylic acids is 1. The number of carbonyl (C=O) groups is 2. The zero-order chi connectivity index (χ0) is 12.6. The fourth-order valence-electron chi connectivity index (χ4n) is 1.26. The van der Waals surface area contributed by atoms with Crippen LogP contribution in [0.5, 0.6) is 0 Å². The lowest BCUT2D eigenvalue weighted by molar-refractivity contribution is -0.139. The Kier molecular flexibility index (Phi) is 7.33. The highest BCUT2D eigenvalue weighted by atomic mass is 16.4. The van der Waals surface area contributed by atoms with Crippen LogP contribution < -0.4 is 10.6 Å². The van der Waals surface area contributed by atoms with Gasteiger partial charge in [0.1, 0.15) is 6.04 Å². The van der Waals surface area contributed by atoms with Crippen molar-refractivity contribution in [1.29, 1.82) is 0 Å². The normalized spacial score (nSPS) is 12.2. The molecule has 0 unspecified atom stereocenters. The summed E-state index contributed by atoms with van der Waals surface area (Å²) in [7, 11) is 0. The second kappa shape index (κ2) is 7.96. The molecular formula is C11H22N2O3. The van der Waals surface area contributed by atoms with Crippen molar-refractivity contribution in [3.63, 3.8) is 0 Å². The van der Waals surface area contributed by atoms with Crippen molar-refractivity contribution in [3.8, 4) is 0 Å². The molecule has 0 radical (unpaired) electrons. The molecule has 94 valence electrons. The van der Waals surface area contributed by atoms with E-state index < -0.39 is 18.0 Å². The van der Waals surface area contributed by atoms with Gasteiger partial charge in [0.2, 0.25) is 0 Å². The van der Waals surface area contributed by atoms with Crippen LogP contribution in [0.3, 0.4) is 0 Å². The maximum Gasteiger partial charge on any atom is 0.326 e. The molecule has 3 N–H and O–H groups in total. The van der Waals surface area contributed by atoms with E-state index in [4.69, 9.17) is 5.11 Å². The van der Waals surface area contributed by atoms with Crippen molar-refractivity contribution < 1.29 is 14.7 Å². The Morgan fingerprint density at radius 1 is 1.31 bits per heavy atom. The molecule has 0 aromatic carbocycles. The van der Waals surface area contributed by atoms with Gasteiger partial charge in [-0.2, -0.15) is 0 Å². The van der Waals surface area contributed by atoms with Crippen LogP contribution in [0, 0.1) is 5.92 Å². The second-order valence-electron chi connectivity index (χ2n) is 4.24. The standard InChI is InChI=1S/C11H22N2O3/c1-4-9(10(14)15)13-11(16)12-7-5-6-8(2)3/h8-9H,4-7H2,1-3H3,(H,14,15)(H2,12,13,16)/t9-/m1/s1. The number of carboxylic acids is 1. The highest BCUT2D eigenvalue weighted by molar-refractivity contribution is 5.82. The third-order valence-electron chi connectivity index (χ3n) is 2.26. The summed E-state index contributed by atoms with van der Waals surface area (Å²) in [5.74, 6) is -0.382. The monoisotopic (exact) mass is 230 g/mol. The Morgan fingerprint density at radius 2 is 1.94 bits per heavy atom. The van der Waals surface area contributed by atoms with E-state index in [1.54, 1.807) is 6.92 Å². The summed E-state index contributed by atoms with van der Waals surface area (Å²) in [4.78, 5) is 21.9. The maximum absolute atomic E-state index is 11.3. The zero-order valence-electron chi connectivity index (χ0n) is 10.2. The van der Waals surface area contributed by atoms with Crippen LogP contribution in [-0.2, 0) is 4.79 Å². The first-order valence-corrected chi connectivity index (χ1v) is 5.74. The molecule has 0 rings (SSSR count). The average Bonchev–Trinajstić information content (AvgIpc) is 2.20. The van der Waals surface area contributed by atoms with Crippen molar-refractivity contribution in [2.45, 2.75) is 46.1 Å². The number of hydrogen-bond donors (Lipinski definition) is 3. The molecule has 0 aromatic heterocycles. The molecule has 1 atom stereocenters. The number of amides is 2. The zero-order valence-corrected chi connectivity index (χ0v) is 10.2. The topological polar surface area (TPSA) is 78.4 Å². The first-order chi connectivity index (χ1) is 7.47. The van der Waals surface area contributed by atoms with Gasteiger partial charge in [0, 0.05) is 6.54 Å². The van der Waals surface area contributed by atoms with Crippen molar-refractivity contribution in [1.82, 2.24) is 10.6 Å². The Hall–Kier alpha value is -1.26. The van der Waals surface area contributed by atoms with Crippen LogP contribution in [0.4, 0.5) is 4.79 Å². The van der Waals surface area contributed by atoms with Gasteiger partial charge in [-0.1, -0.05) is 20.8 Å². The van der Waals surface area contributed by atoms with Gasteiger partial charge in [0.15, 0.2) is 0 Å². The van der Waals surface area contributed by atoms with Gasteiger partial charge in [-0.15, -0.1) is 0 Å². The van der Waals surface area contributed by atoms with E-state index in [0.29, 0.717) is 18.9 Å². The molecule has 0 aromatic rings. The van der Waals surface area contributed by atoms with Crippen LogP contribution >= 0.6 is 0 Å². The van der Waals surface area contributed by atoms with Gasteiger partial charge in [-0.25, -0.2) is 9.59 Å². The van der Waals surface area contributed by atoms with Crippen molar-refractivity contribution >= 4 is 12.0 Å². The van der Waals surface area contributed by atoms with E-state index in [9.17, 15) is 9.59 Å². The molecule has 0 aliphatic carbocycles. The van der Waals surface area contributed by atoms with Crippen LogP contribution in [-0.4, -0.2) is 29.7 Å². The Labute approximate surface area is 96.6 Å². The number of hydrogen-bond acceptors (Lipinski definition) is 2. The first-order valence-electron chi connectivity index (χ1n) is 5.74. The Bertz CT molecular complexity index is 229. The number of rotatable bonds is 7. The van der Waals surface area contributed by atoms with Crippen molar-refractivity contribution in [2.75, 3.05) is 6.54 Å². The van der Waals surface area contributed by atoms with E-state index >= 15 is 0 Å². The molecule has 0 fully saturated rings. The first kappa shape index (κ1) is 14.7. The van der Waals surface area contributed by atoms with Gasteiger partial charge >= 0.3 is 12.0 Å². The molecule has 2 amide bonds. The molecule has 5 nitrogen and oxygen atoms in total. The van der Waals surface area contributed by atoms with Crippen LogP contribution in [0.1, 0.15) is 40.0 Å². The quantitative estimate of drug-likeness (QED) is 0.581. The van der Waals surface area contributed by atoms with Crippen molar-refractivity contribution in [2.24, 2.45) is 5.92 Å². The molecular weight excluding hydrogens is 208 g/mol. The smallest absolute Gasteiger partial charge is 0.326 e. The summed E-state index contributed by atoms with van der Waals surface area (Å²) in [6.45, 7) is 6.55. The molecule has 0 saturated carbocycles. The molecule has 0 aliphatic rings.